The lowest BCUT2D eigenvalue weighted by molar-refractivity contribution is 0.394. The highest BCUT2D eigenvalue weighted by atomic mass is 16.5. The fraction of sp³-hybridized carbons (Fsp3) is 0.571. The normalized spacial score (nSPS) is 10.3. The number of likely N-dealkylation sites (N-methyl/N-ethyl adjacent to an activating group) is 2. The van der Waals surface area contributed by atoms with Crippen LogP contribution < -0.4 is 19.7 Å². The maximum absolute atomic E-state index is 5.45. The average Bonchev–Trinajstić information content (AvgIpc) is 2.37. The van der Waals surface area contributed by atoms with E-state index in [0.717, 1.165) is 42.4 Å². The van der Waals surface area contributed by atoms with E-state index in [4.69, 9.17) is 9.47 Å². The number of hydrogen-bond donors (Lipinski definition) is 1. The molecule has 0 aromatic heterocycles. The minimum atomic E-state index is 0.827. The molecule has 1 aromatic rings. The fourth-order valence-electron chi connectivity index (χ4n) is 2.01. The zero-order valence-corrected chi connectivity index (χ0v) is 12.0. The second-order valence-electron chi connectivity index (χ2n) is 4.27. The van der Waals surface area contributed by atoms with Crippen LogP contribution in [0.1, 0.15) is 12.5 Å². The van der Waals surface area contributed by atoms with Crippen LogP contribution in [0.4, 0.5) is 5.69 Å². The first-order chi connectivity index (χ1) is 8.63. The molecule has 1 rings (SSSR count). The van der Waals surface area contributed by atoms with Gasteiger partial charge >= 0.3 is 0 Å². The van der Waals surface area contributed by atoms with Crippen LogP contribution in [0.15, 0.2) is 12.1 Å². The van der Waals surface area contributed by atoms with Crippen molar-refractivity contribution < 1.29 is 9.47 Å². The molecule has 0 aliphatic heterocycles. The molecule has 1 aromatic carbocycles. The van der Waals surface area contributed by atoms with Crippen LogP contribution in [0.2, 0.25) is 0 Å². The third kappa shape index (κ3) is 3.53. The van der Waals surface area contributed by atoms with Gasteiger partial charge in [0.25, 0.3) is 0 Å². The minimum Gasteiger partial charge on any atom is -0.497 e. The maximum atomic E-state index is 5.45. The molecule has 0 saturated heterocycles. The number of methoxy groups -OCH3 is 2. The zero-order valence-electron chi connectivity index (χ0n) is 12.0. The van der Waals surface area contributed by atoms with Crippen LogP contribution in [-0.4, -0.2) is 40.9 Å². The molecule has 0 heterocycles. The van der Waals surface area contributed by atoms with E-state index in [1.54, 1.807) is 14.2 Å². The monoisotopic (exact) mass is 252 g/mol. The molecular formula is C14H24N2O2. The van der Waals surface area contributed by atoms with Crippen LogP contribution in [0, 0.1) is 6.92 Å². The molecule has 0 aliphatic carbocycles. The van der Waals surface area contributed by atoms with Crippen molar-refractivity contribution in [3.05, 3.63) is 17.7 Å². The van der Waals surface area contributed by atoms with E-state index in [0.29, 0.717) is 0 Å². The maximum Gasteiger partial charge on any atom is 0.146 e. The summed E-state index contributed by atoms with van der Waals surface area (Å²) in [6, 6.07) is 3.95. The van der Waals surface area contributed by atoms with Crippen molar-refractivity contribution in [3.63, 3.8) is 0 Å². The van der Waals surface area contributed by atoms with Gasteiger partial charge in [0.15, 0.2) is 0 Å². The highest BCUT2D eigenvalue weighted by Crippen LogP contribution is 2.35. The van der Waals surface area contributed by atoms with Crippen molar-refractivity contribution in [1.82, 2.24) is 5.32 Å². The summed E-state index contributed by atoms with van der Waals surface area (Å²) in [7, 11) is 5.44. The molecule has 0 bridgehead atoms. The number of anilines is 1. The number of ether oxygens (including phenoxy) is 2. The highest BCUT2D eigenvalue weighted by molar-refractivity contribution is 5.65. The fourth-order valence-corrected chi connectivity index (χ4v) is 2.01. The number of rotatable bonds is 7. The molecule has 0 spiro atoms. The van der Waals surface area contributed by atoms with Gasteiger partial charge in [-0.25, -0.2) is 0 Å². The van der Waals surface area contributed by atoms with Gasteiger partial charge in [0.1, 0.15) is 11.5 Å². The van der Waals surface area contributed by atoms with Gasteiger partial charge in [0, 0.05) is 26.2 Å². The van der Waals surface area contributed by atoms with E-state index < -0.39 is 0 Å². The summed E-state index contributed by atoms with van der Waals surface area (Å²) in [5.74, 6) is 1.68. The molecule has 0 unspecified atom stereocenters. The van der Waals surface area contributed by atoms with Gasteiger partial charge in [0.2, 0.25) is 0 Å². The summed E-state index contributed by atoms with van der Waals surface area (Å²) in [5.41, 5.74) is 2.28. The largest absolute Gasteiger partial charge is 0.497 e. The second-order valence-corrected chi connectivity index (χ2v) is 4.27. The molecule has 102 valence electrons. The first-order valence-corrected chi connectivity index (χ1v) is 6.28. The van der Waals surface area contributed by atoms with Crippen LogP contribution in [0.25, 0.3) is 0 Å². The Morgan fingerprint density at radius 2 is 1.94 bits per heavy atom. The molecule has 4 heteroatoms. The topological polar surface area (TPSA) is 33.7 Å². The van der Waals surface area contributed by atoms with E-state index in [9.17, 15) is 0 Å². The number of aryl methyl sites for hydroxylation is 1. The van der Waals surface area contributed by atoms with Crippen LogP contribution >= 0.6 is 0 Å². The van der Waals surface area contributed by atoms with Crippen molar-refractivity contribution in [3.8, 4) is 11.5 Å². The Kier molecular flexibility index (Phi) is 5.78. The lowest BCUT2D eigenvalue weighted by Crippen LogP contribution is -2.29. The standard InChI is InChI=1S/C14H24N2O2/c1-6-15-7-8-16(3)14-11(2)9-12(17-4)10-13(14)18-5/h9-10,15H,6-8H2,1-5H3. The minimum absolute atomic E-state index is 0.827. The number of nitrogens with zero attached hydrogens (tertiary/aromatic N) is 1. The summed E-state index contributed by atoms with van der Waals surface area (Å²) in [4.78, 5) is 2.20. The summed E-state index contributed by atoms with van der Waals surface area (Å²) in [5, 5.41) is 3.32. The number of benzene rings is 1. The molecule has 18 heavy (non-hydrogen) atoms. The number of nitrogens with one attached hydrogen (secondary N) is 1. The molecule has 0 atom stereocenters. The van der Waals surface area contributed by atoms with Crippen molar-refractivity contribution in [1.29, 1.82) is 0 Å². The molecule has 0 amide bonds. The Hall–Kier alpha value is -1.42. The molecule has 1 N–H and O–H groups in total. The molecular weight excluding hydrogens is 228 g/mol. The van der Waals surface area contributed by atoms with Crippen LogP contribution in [0.3, 0.4) is 0 Å². The van der Waals surface area contributed by atoms with Gasteiger partial charge in [0.05, 0.1) is 19.9 Å². The third-order valence-corrected chi connectivity index (χ3v) is 2.95. The van der Waals surface area contributed by atoms with Crippen LogP contribution in [-0.2, 0) is 0 Å². The van der Waals surface area contributed by atoms with Gasteiger partial charge in [-0.1, -0.05) is 6.92 Å². The molecule has 4 nitrogen and oxygen atoms in total. The average molecular weight is 252 g/mol. The Morgan fingerprint density at radius 1 is 1.22 bits per heavy atom. The van der Waals surface area contributed by atoms with E-state index in [1.807, 2.05) is 12.1 Å². The molecule has 0 radical (unpaired) electrons. The zero-order chi connectivity index (χ0) is 13.5. The van der Waals surface area contributed by atoms with Crippen molar-refractivity contribution in [2.45, 2.75) is 13.8 Å². The molecule has 0 fully saturated rings. The van der Waals surface area contributed by atoms with Gasteiger partial charge in [-0.05, 0) is 25.1 Å². The van der Waals surface area contributed by atoms with Gasteiger partial charge < -0.3 is 19.7 Å². The summed E-state index contributed by atoms with van der Waals surface area (Å²) >= 11 is 0. The third-order valence-electron chi connectivity index (χ3n) is 2.95. The molecule has 0 saturated carbocycles. The van der Waals surface area contributed by atoms with E-state index in [2.05, 4.69) is 31.1 Å². The van der Waals surface area contributed by atoms with E-state index >= 15 is 0 Å². The second kappa shape index (κ2) is 7.11. The van der Waals surface area contributed by atoms with Gasteiger partial charge in [-0.3, -0.25) is 0 Å². The predicted octanol–water partition coefficient (Wildman–Crippen LogP) is 2.06. The van der Waals surface area contributed by atoms with E-state index in [1.165, 1.54) is 0 Å². The summed E-state index contributed by atoms with van der Waals surface area (Å²) in [6.07, 6.45) is 0. The lowest BCUT2D eigenvalue weighted by Gasteiger charge is -2.24. The van der Waals surface area contributed by atoms with E-state index in [-0.39, 0.29) is 0 Å². The summed E-state index contributed by atoms with van der Waals surface area (Å²) in [6.45, 7) is 7.08. The Balaban J connectivity index is 2.92. The molecule has 0 aliphatic rings. The van der Waals surface area contributed by atoms with Gasteiger partial charge in [-0.2, -0.15) is 0 Å². The quantitative estimate of drug-likeness (QED) is 0.753. The van der Waals surface area contributed by atoms with Crippen molar-refractivity contribution >= 4 is 5.69 Å². The van der Waals surface area contributed by atoms with Crippen molar-refractivity contribution in [2.75, 3.05) is 45.8 Å². The SMILES string of the molecule is CCNCCN(C)c1c(C)cc(OC)cc1OC. The first kappa shape index (κ1) is 14.6. The smallest absolute Gasteiger partial charge is 0.146 e. The summed E-state index contributed by atoms with van der Waals surface area (Å²) < 4.78 is 10.7. The Bertz CT molecular complexity index is 380. The highest BCUT2D eigenvalue weighted by Gasteiger charge is 2.13. The van der Waals surface area contributed by atoms with Crippen LogP contribution in [0.5, 0.6) is 11.5 Å². The Morgan fingerprint density at radius 3 is 2.50 bits per heavy atom. The predicted molar refractivity (Wildman–Crippen MR) is 76.1 cm³/mol. The van der Waals surface area contributed by atoms with Crippen molar-refractivity contribution in [2.24, 2.45) is 0 Å². The number of hydrogen-bond acceptors (Lipinski definition) is 4. The van der Waals surface area contributed by atoms with Gasteiger partial charge in [-0.15, -0.1) is 0 Å². The first-order valence-electron chi connectivity index (χ1n) is 6.28. The Labute approximate surface area is 110 Å². The lowest BCUT2D eigenvalue weighted by atomic mass is 10.1.